The molecule has 21 heavy (non-hydrogen) atoms. The average molecular weight is 296 g/mol. The first-order chi connectivity index (χ1) is 9.72. The van der Waals surface area contributed by atoms with Crippen LogP contribution < -0.4 is 5.32 Å². The number of hydrogen-bond donors (Lipinski definition) is 2. The molecule has 1 rings (SSSR count). The van der Waals surface area contributed by atoms with E-state index in [0.29, 0.717) is 5.56 Å². The number of aryl methyl sites for hydroxylation is 1. The van der Waals surface area contributed by atoms with Gasteiger partial charge in [-0.25, -0.2) is 9.18 Å². The molecule has 0 heterocycles. The van der Waals surface area contributed by atoms with Gasteiger partial charge in [0.1, 0.15) is 5.82 Å². The van der Waals surface area contributed by atoms with E-state index in [2.05, 4.69) is 5.32 Å². The summed E-state index contributed by atoms with van der Waals surface area (Å²) in [5.74, 6) is -1.87. The SMILES string of the molecule is Cc1cc(C(C)NC(=O)N(C)CC(C)C(=O)O)ccc1F. The summed E-state index contributed by atoms with van der Waals surface area (Å²) in [5.41, 5.74) is 1.31. The Morgan fingerprint density at radius 3 is 2.52 bits per heavy atom. The number of carbonyl (C=O) groups excluding carboxylic acids is 1. The van der Waals surface area contributed by atoms with Crippen molar-refractivity contribution in [3.8, 4) is 0 Å². The lowest BCUT2D eigenvalue weighted by Crippen LogP contribution is -2.41. The van der Waals surface area contributed by atoms with Gasteiger partial charge in [0.2, 0.25) is 0 Å². The molecule has 116 valence electrons. The van der Waals surface area contributed by atoms with Crippen molar-refractivity contribution in [2.24, 2.45) is 5.92 Å². The molecule has 5 nitrogen and oxygen atoms in total. The van der Waals surface area contributed by atoms with E-state index in [1.807, 2.05) is 0 Å². The Labute approximate surface area is 123 Å². The number of carbonyl (C=O) groups is 2. The summed E-state index contributed by atoms with van der Waals surface area (Å²) >= 11 is 0. The van der Waals surface area contributed by atoms with Crippen LogP contribution in [0, 0.1) is 18.7 Å². The number of nitrogens with zero attached hydrogens (tertiary/aromatic N) is 1. The molecule has 1 aromatic carbocycles. The van der Waals surface area contributed by atoms with Crippen molar-refractivity contribution in [3.63, 3.8) is 0 Å². The van der Waals surface area contributed by atoms with Crippen molar-refractivity contribution in [3.05, 3.63) is 35.1 Å². The fraction of sp³-hybridized carbons (Fsp3) is 0.467. The zero-order chi connectivity index (χ0) is 16.2. The van der Waals surface area contributed by atoms with Crippen LogP contribution >= 0.6 is 0 Å². The summed E-state index contributed by atoms with van der Waals surface area (Å²) in [6, 6.07) is 4.01. The van der Waals surface area contributed by atoms with Crippen molar-refractivity contribution in [1.82, 2.24) is 10.2 Å². The molecule has 2 unspecified atom stereocenters. The largest absolute Gasteiger partial charge is 0.481 e. The third-order valence-electron chi connectivity index (χ3n) is 3.34. The maximum atomic E-state index is 13.2. The standard InChI is InChI=1S/C15H21FN2O3/c1-9-7-12(5-6-13(9)16)11(3)17-15(21)18(4)8-10(2)14(19)20/h5-7,10-11H,8H2,1-4H3,(H,17,21)(H,19,20). The van der Waals surface area contributed by atoms with Crippen molar-refractivity contribution < 1.29 is 19.1 Å². The maximum absolute atomic E-state index is 13.2. The first kappa shape index (κ1) is 16.9. The summed E-state index contributed by atoms with van der Waals surface area (Å²) in [4.78, 5) is 24.1. The highest BCUT2D eigenvalue weighted by Gasteiger charge is 2.19. The van der Waals surface area contributed by atoms with Gasteiger partial charge >= 0.3 is 12.0 Å². The van der Waals surface area contributed by atoms with Crippen molar-refractivity contribution >= 4 is 12.0 Å². The van der Waals surface area contributed by atoms with Crippen LogP contribution in [0.1, 0.15) is 31.0 Å². The smallest absolute Gasteiger partial charge is 0.317 e. The van der Waals surface area contributed by atoms with Crippen LogP contribution in [0.15, 0.2) is 18.2 Å². The molecule has 0 fully saturated rings. The summed E-state index contributed by atoms with van der Waals surface area (Å²) in [6.07, 6.45) is 0. The van der Waals surface area contributed by atoms with Crippen LogP contribution in [0.2, 0.25) is 0 Å². The van der Waals surface area contributed by atoms with E-state index in [9.17, 15) is 14.0 Å². The summed E-state index contributed by atoms with van der Waals surface area (Å²) in [7, 11) is 1.54. The Hall–Kier alpha value is -2.11. The summed E-state index contributed by atoms with van der Waals surface area (Å²) in [5, 5.41) is 11.6. The Morgan fingerprint density at radius 2 is 2.00 bits per heavy atom. The fourth-order valence-electron chi connectivity index (χ4n) is 1.89. The number of nitrogens with one attached hydrogen (secondary N) is 1. The molecule has 0 spiro atoms. The van der Waals surface area contributed by atoms with Gasteiger partial charge in [0.05, 0.1) is 12.0 Å². The van der Waals surface area contributed by atoms with E-state index >= 15 is 0 Å². The first-order valence-electron chi connectivity index (χ1n) is 6.72. The van der Waals surface area contributed by atoms with Crippen LogP contribution in [0.5, 0.6) is 0 Å². The van der Waals surface area contributed by atoms with Gasteiger partial charge in [0.25, 0.3) is 0 Å². The minimum absolute atomic E-state index is 0.121. The lowest BCUT2D eigenvalue weighted by Gasteiger charge is -2.23. The number of rotatable bonds is 5. The summed E-state index contributed by atoms with van der Waals surface area (Å²) < 4.78 is 13.2. The third-order valence-corrected chi connectivity index (χ3v) is 3.34. The lowest BCUT2D eigenvalue weighted by atomic mass is 10.1. The van der Waals surface area contributed by atoms with Gasteiger partial charge in [-0.2, -0.15) is 0 Å². The van der Waals surface area contributed by atoms with Crippen molar-refractivity contribution in [2.75, 3.05) is 13.6 Å². The molecule has 2 atom stereocenters. The van der Waals surface area contributed by atoms with Crippen LogP contribution in [0.4, 0.5) is 9.18 Å². The van der Waals surface area contributed by atoms with Crippen LogP contribution in [-0.4, -0.2) is 35.6 Å². The highest BCUT2D eigenvalue weighted by atomic mass is 19.1. The second kappa shape index (κ2) is 7.06. The Bertz CT molecular complexity index is 534. The molecule has 0 aliphatic heterocycles. The first-order valence-corrected chi connectivity index (χ1v) is 6.72. The van der Waals surface area contributed by atoms with Crippen LogP contribution in [0.25, 0.3) is 0 Å². The quantitative estimate of drug-likeness (QED) is 0.877. The number of hydrogen-bond acceptors (Lipinski definition) is 2. The van der Waals surface area contributed by atoms with Crippen molar-refractivity contribution in [1.29, 1.82) is 0 Å². The van der Waals surface area contributed by atoms with E-state index in [0.717, 1.165) is 5.56 Å². The Morgan fingerprint density at radius 1 is 1.38 bits per heavy atom. The zero-order valence-electron chi connectivity index (χ0n) is 12.7. The third kappa shape index (κ3) is 4.73. The maximum Gasteiger partial charge on any atom is 0.317 e. The van der Waals surface area contributed by atoms with E-state index in [1.54, 1.807) is 32.9 Å². The number of benzene rings is 1. The normalized spacial score (nSPS) is 13.4. The van der Waals surface area contributed by atoms with E-state index in [-0.39, 0.29) is 24.4 Å². The average Bonchev–Trinajstić information content (AvgIpc) is 2.41. The monoisotopic (exact) mass is 296 g/mol. The molecular formula is C15H21FN2O3. The second-order valence-corrected chi connectivity index (χ2v) is 5.30. The topological polar surface area (TPSA) is 69.6 Å². The molecule has 2 amide bonds. The van der Waals surface area contributed by atoms with E-state index in [4.69, 9.17) is 5.11 Å². The number of amides is 2. The molecule has 2 N–H and O–H groups in total. The molecule has 0 radical (unpaired) electrons. The number of carboxylic acids is 1. The van der Waals surface area contributed by atoms with Crippen molar-refractivity contribution in [2.45, 2.75) is 26.8 Å². The van der Waals surface area contributed by atoms with Gasteiger partial charge in [-0.15, -0.1) is 0 Å². The lowest BCUT2D eigenvalue weighted by molar-refractivity contribution is -0.141. The zero-order valence-corrected chi connectivity index (χ0v) is 12.7. The molecule has 0 saturated carbocycles. The molecule has 0 aromatic heterocycles. The van der Waals surface area contributed by atoms with Gasteiger partial charge in [0, 0.05) is 13.6 Å². The summed E-state index contributed by atoms with van der Waals surface area (Å²) in [6.45, 7) is 5.11. The van der Waals surface area contributed by atoms with Gasteiger partial charge < -0.3 is 15.3 Å². The highest BCUT2D eigenvalue weighted by Crippen LogP contribution is 2.16. The van der Waals surface area contributed by atoms with Gasteiger partial charge in [-0.1, -0.05) is 19.1 Å². The molecule has 0 aliphatic carbocycles. The van der Waals surface area contributed by atoms with E-state index < -0.39 is 11.9 Å². The minimum Gasteiger partial charge on any atom is -0.481 e. The Balaban J connectivity index is 2.64. The molecule has 0 aliphatic rings. The predicted octanol–water partition coefficient (Wildman–Crippen LogP) is 2.56. The van der Waals surface area contributed by atoms with E-state index in [1.165, 1.54) is 18.0 Å². The van der Waals surface area contributed by atoms with Crippen LogP contribution in [-0.2, 0) is 4.79 Å². The highest BCUT2D eigenvalue weighted by molar-refractivity contribution is 5.76. The molecule has 0 bridgehead atoms. The number of aliphatic carboxylic acids is 1. The molecular weight excluding hydrogens is 275 g/mol. The number of urea groups is 1. The minimum atomic E-state index is -0.947. The van der Waals surface area contributed by atoms with Gasteiger partial charge in [0.15, 0.2) is 0 Å². The second-order valence-electron chi connectivity index (χ2n) is 5.30. The van der Waals surface area contributed by atoms with Crippen LogP contribution in [0.3, 0.4) is 0 Å². The number of carboxylic acid groups (broad SMARTS) is 1. The number of halogens is 1. The molecule has 1 aromatic rings. The van der Waals surface area contributed by atoms with Gasteiger partial charge in [-0.05, 0) is 31.0 Å². The Kier molecular flexibility index (Phi) is 5.69. The molecule has 6 heteroatoms. The predicted molar refractivity (Wildman–Crippen MR) is 77.5 cm³/mol. The van der Waals surface area contributed by atoms with Gasteiger partial charge in [-0.3, -0.25) is 4.79 Å². The fourth-order valence-corrected chi connectivity index (χ4v) is 1.89. The molecule has 0 saturated heterocycles.